The third-order valence-corrected chi connectivity index (χ3v) is 3.09. The highest BCUT2D eigenvalue weighted by molar-refractivity contribution is 4.96. The van der Waals surface area contributed by atoms with Crippen molar-refractivity contribution in [3.63, 3.8) is 0 Å². The molecule has 0 aromatic heterocycles. The van der Waals surface area contributed by atoms with Crippen LogP contribution < -0.4 is 0 Å². The van der Waals surface area contributed by atoms with Crippen LogP contribution in [-0.4, -0.2) is 30.9 Å². The lowest BCUT2D eigenvalue weighted by molar-refractivity contribution is -0.459. The summed E-state index contributed by atoms with van der Waals surface area (Å²) in [4.78, 5) is 0. The Kier molecular flexibility index (Phi) is 5.33. The minimum absolute atomic E-state index is 0.511. The van der Waals surface area contributed by atoms with Gasteiger partial charge in [0.1, 0.15) is 5.60 Å². The highest BCUT2D eigenvalue weighted by atomic mass is 19.3. The summed E-state index contributed by atoms with van der Waals surface area (Å²) >= 11 is 0. The largest absolute Gasteiger partial charge is 0.426 e. The van der Waals surface area contributed by atoms with E-state index in [0.717, 1.165) is 21.0 Å². The van der Waals surface area contributed by atoms with Crippen molar-refractivity contribution in [3.05, 3.63) is 0 Å². The molecule has 0 aromatic carbocycles. The Balaban J connectivity index is 5.40. The molecule has 0 aliphatic carbocycles. The number of ether oxygens (including phenoxy) is 2. The van der Waals surface area contributed by atoms with Crippen LogP contribution in [0.4, 0.5) is 26.3 Å². The van der Waals surface area contributed by atoms with Gasteiger partial charge in [-0.2, -0.15) is 26.3 Å². The molecule has 8 heteroatoms. The van der Waals surface area contributed by atoms with Crippen molar-refractivity contribution >= 4 is 0 Å². The first-order chi connectivity index (χ1) is 8.27. The molecule has 0 aliphatic rings. The van der Waals surface area contributed by atoms with E-state index < -0.39 is 36.1 Å². The summed E-state index contributed by atoms with van der Waals surface area (Å²) in [6.07, 6.45) is -10.3. The van der Waals surface area contributed by atoms with E-state index in [2.05, 4.69) is 9.47 Å². The van der Waals surface area contributed by atoms with Crippen LogP contribution in [0.25, 0.3) is 0 Å². The fourth-order valence-corrected chi connectivity index (χ4v) is 1.16. The minimum atomic E-state index is -5.36. The highest BCUT2D eigenvalue weighted by Gasteiger charge is 2.70. The predicted molar refractivity (Wildman–Crippen MR) is 56.5 cm³/mol. The molecule has 0 bridgehead atoms. The smallest absolute Gasteiger partial charge is 0.372 e. The highest BCUT2D eigenvalue weighted by Crippen LogP contribution is 2.49. The van der Waals surface area contributed by atoms with Gasteiger partial charge in [0.05, 0.1) is 0 Å². The van der Waals surface area contributed by atoms with Crippen LogP contribution in [-0.2, 0) is 9.47 Å². The Labute approximate surface area is 108 Å². The summed E-state index contributed by atoms with van der Waals surface area (Å²) in [5.74, 6) is -6.59. The molecular formula is C11H18F6O2. The molecule has 0 saturated heterocycles. The molecule has 0 fully saturated rings. The van der Waals surface area contributed by atoms with E-state index >= 15 is 0 Å². The summed E-state index contributed by atoms with van der Waals surface area (Å²) in [5.41, 5.74) is -2.62. The Morgan fingerprint density at radius 3 is 1.68 bits per heavy atom. The molecule has 1 atom stereocenters. The van der Waals surface area contributed by atoms with Crippen molar-refractivity contribution in [3.8, 4) is 0 Å². The average Bonchev–Trinajstić information content (AvgIpc) is 2.25. The first-order valence-electron chi connectivity index (χ1n) is 5.66. The third-order valence-electron chi connectivity index (χ3n) is 3.09. The number of rotatable bonds is 7. The van der Waals surface area contributed by atoms with Gasteiger partial charge in [0.15, 0.2) is 0 Å². The second-order valence-corrected chi connectivity index (χ2v) is 4.70. The molecule has 0 spiro atoms. The van der Waals surface area contributed by atoms with Gasteiger partial charge in [0, 0.05) is 13.0 Å². The summed E-state index contributed by atoms with van der Waals surface area (Å²) in [5, 5.41) is 0. The number of methoxy groups -OCH3 is 1. The van der Waals surface area contributed by atoms with Crippen molar-refractivity contribution in [2.45, 2.75) is 57.9 Å². The Morgan fingerprint density at radius 2 is 1.42 bits per heavy atom. The Bertz CT molecular complexity index is 300. The molecule has 1 unspecified atom stereocenters. The standard InChI is InChI=1S/C11H18F6O2/c1-6-8(4,18-5)10(14,15)11(16,17)19-9(12,13)7(2)3/h7H,6H2,1-5H3. The molecule has 0 radical (unpaired) electrons. The van der Waals surface area contributed by atoms with Crippen molar-refractivity contribution in [2.24, 2.45) is 5.92 Å². The molecule has 0 heterocycles. The molecule has 0 aliphatic heterocycles. The van der Waals surface area contributed by atoms with Gasteiger partial charge in [-0.1, -0.05) is 20.8 Å². The average molecular weight is 296 g/mol. The molecule has 0 saturated carbocycles. The zero-order valence-electron chi connectivity index (χ0n) is 11.4. The van der Waals surface area contributed by atoms with Crippen LogP contribution in [0.3, 0.4) is 0 Å². The fraction of sp³-hybridized carbons (Fsp3) is 1.00. The van der Waals surface area contributed by atoms with Gasteiger partial charge in [0.2, 0.25) is 0 Å². The van der Waals surface area contributed by atoms with E-state index in [0.29, 0.717) is 6.92 Å². The van der Waals surface area contributed by atoms with Crippen LogP contribution >= 0.6 is 0 Å². The van der Waals surface area contributed by atoms with Gasteiger partial charge in [0.25, 0.3) is 0 Å². The number of halogens is 6. The van der Waals surface area contributed by atoms with E-state index in [-0.39, 0.29) is 0 Å². The van der Waals surface area contributed by atoms with Crippen molar-refractivity contribution in [1.82, 2.24) is 0 Å². The van der Waals surface area contributed by atoms with Gasteiger partial charge >= 0.3 is 18.1 Å². The fourth-order valence-electron chi connectivity index (χ4n) is 1.16. The van der Waals surface area contributed by atoms with E-state index in [1.165, 1.54) is 6.92 Å². The van der Waals surface area contributed by atoms with Crippen LogP contribution in [0.2, 0.25) is 0 Å². The van der Waals surface area contributed by atoms with Crippen LogP contribution in [0, 0.1) is 5.92 Å². The molecule has 19 heavy (non-hydrogen) atoms. The van der Waals surface area contributed by atoms with E-state index in [1.807, 2.05) is 0 Å². The minimum Gasteiger partial charge on any atom is -0.372 e. The van der Waals surface area contributed by atoms with Gasteiger partial charge < -0.3 is 4.74 Å². The SMILES string of the molecule is CCC(C)(OC)C(F)(F)C(F)(F)OC(F)(F)C(C)C. The quantitative estimate of drug-likeness (QED) is 0.652. The molecule has 0 aromatic rings. The second-order valence-electron chi connectivity index (χ2n) is 4.70. The number of hydrogen-bond donors (Lipinski definition) is 0. The van der Waals surface area contributed by atoms with E-state index in [9.17, 15) is 26.3 Å². The molecule has 0 N–H and O–H groups in total. The molecule has 116 valence electrons. The van der Waals surface area contributed by atoms with Crippen LogP contribution in [0.5, 0.6) is 0 Å². The predicted octanol–water partition coefficient (Wildman–Crippen LogP) is 4.30. The summed E-state index contributed by atoms with van der Waals surface area (Å²) < 4.78 is 87.9. The summed E-state index contributed by atoms with van der Waals surface area (Å²) in [6, 6.07) is 0. The maximum absolute atomic E-state index is 13.7. The van der Waals surface area contributed by atoms with Gasteiger partial charge in [-0.15, -0.1) is 0 Å². The lowest BCUT2D eigenvalue weighted by Gasteiger charge is -2.40. The van der Waals surface area contributed by atoms with Gasteiger partial charge in [-0.3, -0.25) is 4.74 Å². The van der Waals surface area contributed by atoms with Crippen LogP contribution in [0.1, 0.15) is 34.1 Å². The molecular weight excluding hydrogens is 278 g/mol. The van der Waals surface area contributed by atoms with Gasteiger partial charge in [-0.25, -0.2) is 0 Å². The monoisotopic (exact) mass is 296 g/mol. The van der Waals surface area contributed by atoms with Crippen molar-refractivity contribution < 1.29 is 35.8 Å². The summed E-state index contributed by atoms with van der Waals surface area (Å²) in [7, 11) is 0.800. The first kappa shape index (κ1) is 18.5. The third kappa shape index (κ3) is 3.34. The molecule has 2 nitrogen and oxygen atoms in total. The first-order valence-corrected chi connectivity index (χ1v) is 5.66. The van der Waals surface area contributed by atoms with Crippen molar-refractivity contribution in [1.29, 1.82) is 0 Å². The number of alkyl halides is 6. The number of hydrogen-bond acceptors (Lipinski definition) is 2. The topological polar surface area (TPSA) is 18.5 Å². The zero-order chi connectivity index (χ0) is 15.7. The zero-order valence-corrected chi connectivity index (χ0v) is 11.4. The lowest BCUT2D eigenvalue weighted by atomic mass is 9.93. The van der Waals surface area contributed by atoms with E-state index in [4.69, 9.17) is 0 Å². The summed E-state index contributed by atoms with van der Waals surface area (Å²) in [6.45, 7) is 3.64. The van der Waals surface area contributed by atoms with Crippen molar-refractivity contribution in [2.75, 3.05) is 7.11 Å². The maximum atomic E-state index is 13.7. The Morgan fingerprint density at radius 1 is 1.00 bits per heavy atom. The van der Waals surface area contributed by atoms with Gasteiger partial charge in [-0.05, 0) is 13.3 Å². The second kappa shape index (κ2) is 5.47. The normalized spacial score (nSPS) is 17.7. The Hall–Kier alpha value is -0.500. The molecule has 0 rings (SSSR count). The lowest BCUT2D eigenvalue weighted by Crippen LogP contribution is -2.60. The molecule has 0 amide bonds. The maximum Gasteiger partial charge on any atom is 0.426 e. The van der Waals surface area contributed by atoms with Crippen LogP contribution in [0.15, 0.2) is 0 Å². The van der Waals surface area contributed by atoms with E-state index in [1.54, 1.807) is 0 Å².